The topological polar surface area (TPSA) is 70.1 Å². The van der Waals surface area contributed by atoms with E-state index < -0.39 is 17.7 Å². The molecule has 0 bridgehead atoms. The van der Waals surface area contributed by atoms with Crippen LogP contribution in [0, 0.1) is 0 Å². The highest BCUT2D eigenvalue weighted by molar-refractivity contribution is 6.46. The second-order valence-electron chi connectivity index (χ2n) is 8.97. The Hall–Kier alpha value is -3.12. The first-order valence-corrected chi connectivity index (χ1v) is 12.1. The molecule has 2 aromatic rings. The van der Waals surface area contributed by atoms with Gasteiger partial charge in [-0.15, -0.1) is 0 Å². The predicted octanol–water partition coefficient (Wildman–Crippen LogP) is 4.80. The minimum atomic E-state index is -0.649. The number of aliphatic hydroxyl groups excluding tert-OH is 1. The van der Waals surface area contributed by atoms with E-state index >= 15 is 0 Å². The lowest BCUT2D eigenvalue weighted by molar-refractivity contribution is -0.139. The SMILES string of the molecule is CCCCOc1cccc(/C(O)=C2\C(=O)C(=O)N(CCCN(C)C)C2c2ccc(CC)cc2)c1. The number of nitrogens with zero attached hydrogens (tertiary/aromatic N) is 2. The van der Waals surface area contributed by atoms with Gasteiger partial charge >= 0.3 is 0 Å². The Morgan fingerprint density at radius 1 is 1.06 bits per heavy atom. The molecule has 2 aromatic carbocycles. The number of ether oxygens (including phenoxy) is 1. The number of ketones is 1. The van der Waals surface area contributed by atoms with Gasteiger partial charge in [0.15, 0.2) is 0 Å². The molecule has 0 radical (unpaired) electrons. The molecule has 34 heavy (non-hydrogen) atoms. The average Bonchev–Trinajstić information content (AvgIpc) is 3.09. The molecule has 1 saturated heterocycles. The molecule has 0 aromatic heterocycles. The fraction of sp³-hybridized carbons (Fsp3) is 0.429. The van der Waals surface area contributed by atoms with Crippen LogP contribution in [0.2, 0.25) is 0 Å². The molecule has 0 saturated carbocycles. The molecular weight excluding hydrogens is 428 g/mol. The molecule has 1 atom stereocenters. The van der Waals surface area contributed by atoms with Crippen LogP contribution in [-0.4, -0.2) is 60.4 Å². The summed E-state index contributed by atoms with van der Waals surface area (Å²) in [6.07, 6.45) is 3.58. The van der Waals surface area contributed by atoms with Gasteiger partial charge in [-0.25, -0.2) is 0 Å². The van der Waals surface area contributed by atoms with Crippen molar-refractivity contribution in [3.05, 3.63) is 70.8 Å². The lowest BCUT2D eigenvalue weighted by Crippen LogP contribution is -2.32. The lowest BCUT2D eigenvalue weighted by Gasteiger charge is -2.26. The minimum Gasteiger partial charge on any atom is -0.507 e. The standard InChI is InChI=1S/C28H36N2O4/c1-5-7-18-34-23-11-8-10-22(19-23)26(31)24-25(21-14-12-20(6-2)13-15-21)30(28(33)27(24)32)17-9-16-29(3)4/h8,10-15,19,25,31H,5-7,9,16-18H2,1-4H3/b26-24+. The van der Waals surface area contributed by atoms with Crippen molar-refractivity contribution in [2.24, 2.45) is 0 Å². The van der Waals surface area contributed by atoms with Crippen LogP contribution >= 0.6 is 0 Å². The van der Waals surface area contributed by atoms with Gasteiger partial charge < -0.3 is 19.6 Å². The molecule has 1 amide bonds. The van der Waals surface area contributed by atoms with E-state index in [2.05, 4.69) is 13.8 Å². The molecular formula is C28H36N2O4. The first-order valence-electron chi connectivity index (χ1n) is 12.1. The maximum atomic E-state index is 13.2. The van der Waals surface area contributed by atoms with Gasteiger partial charge in [-0.05, 0) is 63.2 Å². The van der Waals surface area contributed by atoms with E-state index in [-0.39, 0.29) is 11.3 Å². The highest BCUT2D eigenvalue weighted by Crippen LogP contribution is 2.40. The van der Waals surface area contributed by atoms with Crippen LogP contribution in [0.4, 0.5) is 0 Å². The molecule has 1 fully saturated rings. The van der Waals surface area contributed by atoms with E-state index in [0.29, 0.717) is 24.5 Å². The smallest absolute Gasteiger partial charge is 0.295 e. The molecule has 1 N–H and O–H groups in total. The summed E-state index contributed by atoms with van der Waals surface area (Å²) in [7, 11) is 3.95. The average molecular weight is 465 g/mol. The number of aliphatic hydroxyl groups is 1. The van der Waals surface area contributed by atoms with E-state index in [1.807, 2.05) is 49.3 Å². The monoisotopic (exact) mass is 464 g/mol. The van der Waals surface area contributed by atoms with Gasteiger partial charge in [0.25, 0.3) is 11.7 Å². The summed E-state index contributed by atoms with van der Waals surface area (Å²) < 4.78 is 5.78. The summed E-state index contributed by atoms with van der Waals surface area (Å²) in [6, 6.07) is 14.4. The maximum absolute atomic E-state index is 13.2. The van der Waals surface area contributed by atoms with Crippen LogP contribution in [0.15, 0.2) is 54.1 Å². The molecule has 1 unspecified atom stereocenters. The quantitative estimate of drug-likeness (QED) is 0.224. The molecule has 1 heterocycles. The number of aryl methyl sites for hydroxylation is 1. The molecule has 3 rings (SSSR count). The van der Waals surface area contributed by atoms with Gasteiger partial charge in [0.2, 0.25) is 0 Å². The van der Waals surface area contributed by atoms with Crippen LogP contribution in [0.3, 0.4) is 0 Å². The van der Waals surface area contributed by atoms with Crippen molar-refractivity contribution >= 4 is 17.4 Å². The van der Waals surface area contributed by atoms with E-state index in [1.165, 1.54) is 5.56 Å². The van der Waals surface area contributed by atoms with Crippen LogP contribution in [0.5, 0.6) is 5.75 Å². The predicted molar refractivity (Wildman–Crippen MR) is 135 cm³/mol. The van der Waals surface area contributed by atoms with Crippen molar-refractivity contribution in [1.82, 2.24) is 9.80 Å². The minimum absolute atomic E-state index is 0.129. The normalized spacial score (nSPS) is 17.6. The summed E-state index contributed by atoms with van der Waals surface area (Å²) in [5.41, 5.74) is 2.59. The summed E-state index contributed by atoms with van der Waals surface area (Å²) >= 11 is 0. The van der Waals surface area contributed by atoms with Gasteiger partial charge in [-0.3, -0.25) is 9.59 Å². The molecule has 182 valence electrons. The fourth-order valence-electron chi connectivity index (χ4n) is 4.17. The summed E-state index contributed by atoms with van der Waals surface area (Å²) in [6.45, 7) is 5.98. The molecule has 6 nitrogen and oxygen atoms in total. The Labute approximate surface area is 202 Å². The number of carbonyl (C=O) groups is 2. The first-order chi connectivity index (χ1) is 16.4. The van der Waals surface area contributed by atoms with Crippen LogP contribution in [0.25, 0.3) is 5.76 Å². The Morgan fingerprint density at radius 2 is 1.79 bits per heavy atom. The van der Waals surface area contributed by atoms with Gasteiger partial charge in [-0.2, -0.15) is 0 Å². The highest BCUT2D eigenvalue weighted by Gasteiger charge is 2.45. The van der Waals surface area contributed by atoms with Crippen LogP contribution in [0.1, 0.15) is 55.8 Å². The molecule has 6 heteroatoms. The van der Waals surface area contributed by atoms with Crippen LogP contribution in [-0.2, 0) is 16.0 Å². The van der Waals surface area contributed by atoms with Crippen molar-refractivity contribution in [2.45, 2.75) is 45.6 Å². The van der Waals surface area contributed by atoms with E-state index in [4.69, 9.17) is 4.74 Å². The number of hydrogen-bond donors (Lipinski definition) is 1. The third kappa shape index (κ3) is 5.86. The Bertz CT molecular complexity index is 1030. The van der Waals surface area contributed by atoms with Gasteiger partial charge in [0.1, 0.15) is 11.5 Å². The molecule has 0 aliphatic carbocycles. The fourth-order valence-corrected chi connectivity index (χ4v) is 4.17. The Kier molecular flexibility index (Phi) is 8.88. The van der Waals surface area contributed by atoms with Crippen molar-refractivity contribution in [1.29, 1.82) is 0 Å². The molecule has 1 aliphatic rings. The van der Waals surface area contributed by atoms with Crippen LogP contribution < -0.4 is 4.74 Å². The Morgan fingerprint density at radius 3 is 2.44 bits per heavy atom. The number of Topliss-reactive ketones (excluding diaryl/α,β-unsaturated/α-hetero) is 1. The van der Waals surface area contributed by atoms with E-state index in [0.717, 1.165) is 37.8 Å². The second kappa shape index (κ2) is 11.8. The maximum Gasteiger partial charge on any atom is 0.295 e. The highest BCUT2D eigenvalue weighted by atomic mass is 16.5. The summed E-state index contributed by atoms with van der Waals surface area (Å²) in [4.78, 5) is 29.9. The van der Waals surface area contributed by atoms with E-state index in [1.54, 1.807) is 23.1 Å². The lowest BCUT2D eigenvalue weighted by atomic mass is 9.94. The number of carbonyl (C=O) groups excluding carboxylic acids is 2. The van der Waals surface area contributed by atoms with Gasteiger partial charge in [0.05, 0.1) is 18.2 Å². The largest absolute Gasteiger partial charge is 0.507 e. The zero-order chi connectivity index (χ0) is 24.7. The van der Waals surface area contributed by atoms with Crippen molar-refractivity contribution in [2.75, 3.05) is 33.8 Å². The van der Waals surface area contributed by atoms with Gasteiger partial charge in [-0.1, -0.05) is 56.7 Å². The second-order valence-corrected chi connectivity index (χ2v) is 8.97. The number of likely N-dealkylation sites (tertiary alicyclic amines) is 1. The zero-order valence-corrected chi connectivity index (χ0v) is 20.7. The summed E-state index contributed by atoms with van der Waals surface area (Å²) in [5.74, 6) is -0.759. The summed E-state index contributed by atoms with van der Waals surface area (Å²) in [5, 5.41) is 11.3. The Balaban J connectivity index is 2.02. The number of amides is 1. The van der Waals surface area contributed by atoms with Gasteiger partial charge in [0, 0.05) is 12.1 Å². The number of benzene rings is 2. The number of unbranched alkanes of at least 4 members (excludes halogenated alkanes) is 1. The van der Waals surface area contributed by atoms with Crippen molar-refractivity contribution in [3.8, 4) is 5.75 Å². The third-order valence-electron chi connectivity index (χ3n) is 6.12. The molecule has 0 spiro atoms. The zero-order valence-electron chi connectivity index (χ0n) is 20.7. The van der Waals surface area contributed by atoms with Crippen molar-refractivity contribution < 1.29 is 19.4 Å². The van der Waals surface area contributed by atoms with E-state index in [9.17, 15) is 14.7 Å². The third-order valence-corrected chi connectivity index (χ3v) is 6.12. The number of rotatable bonds is 11. The van der Waals surface area contributed by atoms with Crippen molar-refractivity contribution in [3.63, 3.8) is 0 Å². The molecule has 1 aliphatic heterocycles. The number of hydrogen-bond acceptors (Lipinski definition) is 5. The first kappa shape index (κ1) is 25.5.